The first kappa shape index (κ1) is 18.9. The normalized spacial score (nSPS) is 14.8. The predicted molar refractivity (Wildman–Crippen MR) is 117 cm³/mol. The van der Waals surface area contributed by atoms with Crippen LogP contribution in [0.3, 0.4) is 0 Å². The standard InChI is InChI=1S/C24H26N4O2/c29-24(21-15-18-10-9-17-5-3-11-25-22(17)23(18)27-21)26-12-13-28(19-6-1-2-7-19)16-20-8-4-14-30-20/h3-5,8-11,14-15,19,27H,1-2,6-7,12-13,16H2,(H,26,29). The summed E-state index contributed by atoms with van der Waals surface area (Å²) in [5.74, 6) is 0.892. The Labute approximate surface area is 175 Å². The predicted octanol–water partition coefficient (Wildman–Crippen LogP) is 4.48. The van der Waals surface area contributed by atoms with Crippen molar-refractivity contribution in [3.8, 4) is 0 Å². The number of fused-ring (bicyclic) bond motifs is 3. The number of nitrogens with one attached hydrogen (secondary N) is 2. The van der Waals surface area contributed by atoms with Crippen molar-refractivity contribution in [2.24, 2.45) is 0 Å². The molecular weight excluding hydrogens is 376 g/mol. The Morgan fingerprint density at radius 1 is 1.17 bits per heavy atom. The van der Waals surface area contributed by atoms with Crippen LogP contribution in [0.25, 0.3) is 21.8 Å². The Balaban J connectivity index is 1.26. The van der Waals surface area contributed by atoms with E-state index in [-0.39, 0.29) is 5.91 Å². The highest BCUT2D eigenvalue weighted by molar-refractivity contribution is 6.07. The highest BCUT2D eigenvalue weighted by Gasteiger charge is 2.23. The van der Waals surface area contributed by atoms with Crippen LogP contribution < -0.4 is 5.32 Å². The summed E-state index contributed by atoms with van der Waals surface area (Å²) in [7, 11) is 0. The van der Waals surface area contributed by atoms with Gasteiger partial charge in [0.1, 0.15) is 11.5 Å². The van der Waals surface area contributed by atoms with Crippen LogP contribution in [0.15, 0.2) is 59.3 Å². The molecule has 1 aromatic carbocycles. The molecule has 30 heavy (non-hydrogen) atoms. The third kappa shape index (κ3) is 3.83. The van der Waals surface area contributed by atoms with E-state index in [9.17, 15) is 4.79 Å². The fraction of sp³-hybridized carbons (Fsp3) is 0.333. The molecule has 0 unspecified atom stereocenters. The molecule has 1 amide bonds. The Morgan fingerprint density at radius 2 is 2.03 bits per heavy atom. The summed E-state index contributed by atoms with van der Waals surface area (Å²) < 4.78 is 5.55. The van der Waals surface area contributed by atoms with Crippen LogP contribution in [0.1, 0.15) is 41.9 Å². The van der Waals surface area contributed by atoms with Gasteiger partial charge in [0.05, 0.1) is 23.8 Å². The van der Waals surface area contributed by atoms with Crippen molar-refractivity contribution in [2.75, 3.05) is 13.1 Å². The number of furan rings is 1. The SMILES string of the molecule is O=C(NCCN(Cc1ccco1)C1CCCC1)c1cc2ccc3cccnc3c2[nH]1. The van der Waals surface area contributed by atoms with Gasteiger partial charge in [-0.15, -0.1) is 0 Å². The molecule has 4 aromatic rings. The van der Waals surface area contributed by atoms with E-state index in [1.807, 2.05) is 42.5 Å². The van der Waals surface area contributed by atoms with Gasteiger partial charge >= 0.3 is 0 Å². The van der Waals surface area contributed by atoms with E-state index in [1.165, 1.54) is 25.7 Å². The van der Waals surface area contributed by atoms with Crippen molar-refractivity contribution in [1.29, 1.82) is 0 Å². The minimum Gasteiger partial charge on any atom is -0.468 e. The molecule has 0 radical (unpaired) electrons. The van der Waals surface area contributed by atoms with Gasteiger partial charge in [-0.2, -0.15) is 0 Å². The molecule has 1 aliphatic carbocycles. The molecule has 5 rings (SSSR count). The second-order valence-electron chi connectivity index (χ2n) is 8.03. The van der Waals surface area contributed by atoms with Gasteiger partial charge < -0.3 is 14.7 Å². The molecule has 1 aliphatic rings. The Bertz CT molecular complexity index is 1140. The first-order valence-electron chi connectivity index (χ1n) is 10.7. The number of hydrogen-bond acceptors (Lipinski definition) is 4. The van der Waals surface area contributed by atoms with Crippen LogP contribution in [-0.4, -0.2) is 39.9 Å². The van der Waals surface area contributed by atoms with Crippen LogP contribution >= 0.6 is 0 Å². The number of H-pyrrole nitrogens is 1. The quantitative estimate of drug-likeness (QED) is 0.478. The van der Waals surface area contributed by atoms with Crippen molar-refractivity contribution in [3.05, 3.63) is 66.4 Å². The molecule has 154 valence electrons. The molecule has 0 aliphatic heterocycles. The second-order valence-corrected chi connectivity index (χ2v) is 8.03. The summed E-state index contributed by atoms with van der Waals surface area (Å²) in [5.41, 5.74) is 2.37. The first-order chi connectivity index (χ1) is 14.8. The molecule has 0 saturated heterocycles. The van der Waals surface area contributed by atoms with Gasteiger partial charge in [0.15, 0.2) is 0 Å². The van der Waals surface area contributed by atoms with Gasteiger partial charge in [0.25, 0.3) is 5.91 Å². The summed E-state index contributed by atoms with van der Waals surface area (Å²) in [5, 5.41) is 5.13. The molecule has 0 bridgehead atoms. The molecule has 3 aromatic heterocycles. The molecule has 6 nitrogen and oxygen atoms in total. The maximum atomic E-state index is 12.8. The zero-order chi connectivity index (χ0) is 20.3. The number of nitrogens with zero attached hydrogens (tertiary/aromatic N) is 2. The number of aromatic amines is 1. The smallest absolute Gasteiger partial charge is 0.267 e. The Morgan fingerprint density at radius 3 is 2.87 bits per heavy atom. The lowest BCUT2D eigenvalue weighted by Crippen LogP contribution is -2.39. The minimum absolute atomic E-state index is 0.0837. The second kappa shape index (κ2) is 8.32. The van der Waals surface area contributed by atoms with Crippen LogP contribution in [0.4, 0.5) is 0 Å². The van der Waals surface area contributed by atoms with Gasteiger partial charge in [-0.25, -0.2) is 0 Å². The van der Waals surface area contributed by atoms with E-state index < -0.39 is 0 Å². The maximum absolute atomic E-state index is 12.8. The van der Waals surface area contributed by atoms with E-state index in [1.54, 1.807) is 12.5 Å². The molecule has 3 heterocycles. The monoisotopic (exact) mass is 402 g/mol. The average molecular weight is 402 g/mol. The van der Waals surface area contributed by atoms with Crippen molar-refractivity contribution < 1.29 is 9.21 Å². The zero-order valence-electron chi connectivity index (χ0n) is 16.9. The highest BCUT2D eigenvalue weighted by atomic mass is 16.3. The third-order valence-corrected chi connectivity index (χ3v) is 6.08. The van der Waals surface area contributed by atoms with Crippen LogP contribution in [-0.2, 0) is 6.54 Å². The topological polar surface area (TPSA) is 74.2 Å². The molecule has 1 fully saturated rings. The Kier molecular flexibility index (Phi) is 5.24. The summed E-state index contributed by atoms with van der Waals surface area (Å²) in [6, 6.07) is 14.4. The third-order valence-electron chi connectivity index (χ3n) is 6.08. The zero-order valence-corrected chi connectivity index (χ0v) is 16.9. The largest absolute Gasteiger partial charge is 0.468 e. The Hall–Kier alpha value is -3.12. The number of rotatable bonds is 7. The summed E-state index contributed by atoms with van der Waals surface area (Å²) in [6.07, 6.45) is 8.50. The molecular formula is C24H26N4O2. The number of carbonyl (C=O) groups is 1. The van der Waals surface area contributed by atoms with Gasteiger partial charge in [-0.05, 0) is 37.1 Å². The summed E-state index contributed by atoms with van der Waals surface area (Å²) in [4.78, 5) is 22.9. The van der Waals surface area contributed by atoms with Crippen molar-refractivity contribution in [1.82, 2.24) is 20.2 Å². The van der Waals surface area contributed by atoms with E-state index in [2.05, 4.69) is 20.2 Å². The van der Waals surface area contributed by atoms with Crippen molar-refractivity contribution >= 4 is 27.7 Å². The lowest BCUT2D eigenvalue weighted by Gasteiger charge is -2.28. The number of hydrogen-bond donors (Lipinski definition) is 2. The minimum atomic E-state index is -0.0837. The summed E-state index contributed by atoms with van der Waals surface area (Å²) >= 11 is 0. The lowest BCUT2D eigenvalue weighted by atomic mass is 10.1. The van der Waals surface area contributed by atoms with E-state index >= 15 is 0 Å². The van der Waals surface area contributed by atoms with Gasteiger partial charge in [-0.3, -0.25) is 14.7 Å². The van der Waals surface area contributed by atoms with Crippen LogP contribution in [0, 0.1) is 0 Å². The van der Waals surface area contributed by atoms with E-state index in [0.29, 0.717) is 18.3 Å². The van der Waals surface area contributed by atoms with Crippen LogP contribution in [0.5, 0.6) is 0 Å². The number of amides is 1. The van der Waals surface area contributed by atoms with Gasteiger partial charge in [0.2, 0.25) is 0 Å². The van der Waals surface area contributed by atoms with E-state index in [4.69, 9.17) is 4.42 Å². The molecule has 6 heteroatoms. The summed E-state index contributed by atoms with van der Waals surface area (Å²) in [6.45, 7) is 2.20. The van der Waals surface area contributed by atoms with Gasteiger partial charge in [0, 0.05) is 36.1 Å². The van der Waals surface area contributed by atoms with E-state index in [0.717, 1.165) is 40.7 Å². The number of pyridine rings is 1. The lowest BCUT2D eigenvalue weighted by molar-refractivity contribution is 0.0937. The fourth-order valence-corrected chi connectivity index (χ4v) is 4.53. The maximum Gasteiger partial charge on any atom is 0.267 e. The highest BCUT2D eigenvalue weighted by Crippen LogP contribution is 2.25. The molecule has 0 spiro atoms. The van der Waals surface area contributed by atoms with Crippen molar-refractivity contribution in [3.63, 3.8) is 0 Å². The average Bonchev–Trinajstić information content (AvgIpc) is 3.54. The van der Waals surface area contributed by atoms with Crippen LogP contribution in [0.2, 0.25) is 0 Å². The number of benzene rings is 1. The number of carbonyl (C=O) groups excluding carboxylic acids is 1. The van der Waals surface area contributed by atoms with Crippen molar-refractivity contribution in [2.45, 2.75) is 38.3 Å². The first-order valence-corrected chi connectivity index (χ1v) is 10.7. The fourth-order valence-electron chi connectivity index (χ4n) is 4.53. The molecule has 0 atom stereocenters. The molecule has 2 N–H and O–H groups in total. The molecule has 1 saturated carbocycles. The number of aromatic nitrogens is 2. The van der Waals surface area contributed by atoms with Gasteiger partial charge in [-0.1, -0.05) is 31.0 Å².